The largest absolute Gasteiger partial charge is 0.491 e. The van der Waals surface area contributed by atoms with Crippen LogP contribution in [-0.4, -0.2) is 42.7 Å². The standard InChI is InChI=1S/C22H26N2O4/c1-3-21(26)24-10-9-16-12-17(7-8-20(16)24)22(27)23-13-18(25)14-28-19-6-4-5-15(2)11-19/h4-8,11-12,18,25H,3,9-10,13-14H2,1-2H3,(H,23,27). The summed E-state index contributed by atoms with van der Waals surface area (Å²) in [6, 6.07) is 12.9. The van der Waals surface area contributed by atoms with E-state index in [1.807, 2.05) is 50.2 Å². The maximum atomic E-state index is 12.4. The molecule has 0 saturated heterocycles. The predicted octanol–water partition coefficient (Wildman–Crippen LogP) is 2.46. The van der Waals surface area contributed by atoms with Crippen LogP contribution in [0.1, 0.15) is 34.8 Å². The van der Waals surface area contributed by atoms with E-state index in [1.54, 1.807) is 11.0 Å². The number of ether oxygens (including phenoxy) is 1. The van der Waals surface area contributed by atoms with Crippen LogP contribution in [-0.2, 0) is 11.2 Å². The van der Waals surface area contributed by atoms with Crippen LogP contribution < -0.4 is 15.0 Å². The number of carbonyl (C=O) groups excluding carboxylic acids is 2. The second-order valence-electron chi connectivity index (χ2n) is 6.98. The van der Waals surface area contributed by atoms with E-state index in [1.165, 1.54) is 0 Å². The van der Waals surface area contributed by atoms with Crippen molar-refractivity contribution < 1.29 is 19.4 Å². The summed E-state index contributed by atoms with van der Waals surface area (Å²) in [5, 5.41) is 12.8. The van der Waals surface area contributed by atoms with Crippen molar-refractivity contribution in [2.24, 2.45) is 0 Å². The molecule has 1 unspecified atom stereocenters. The highest BCUT2D eigenvalue weighted by molar-refractivity contribution is 5.98. The third-order valence-electron chi connectivity index (χ3n) is 4.77. The van der Waals surface area contributed by atoms with E-state index >= 15 is 0 Å². The van der Waals surface area contributed by atoms with Gasteiger partial charge in [0.05, 0.1) is 0 Å². The van der Waals surface area contributed by atoms with Crippen molar-refractivity contribution in [2.45, 2.75) is 32.8 Å². The van der Waals surface area contributed by atoms with Gasteiger partial charge in [0.15, 0.2) is 0 Å². The number of aryl methyl sites for hydroxylation is 1. The van der Waals surface area contributed by atoms with Gasteiger partial charge in [-0.1, -0.05) is 19.1 Å². The van der Waals surface area contributed by atoms with Gasteiger partial charge < -0.3 is 20.1 Å². The molecule has 1 heterocycles. The fourth-order valence-electron chi connectivity index (χ4n) is 3.26. The third-order valence-corrected chi connectivity index (χ3v) is 4.77. The minimum Gasteiger partial charge on any atom is -0.491 e. The predicted molar refractivity (Wildman–Crippen MR) is 108 cm³/mol. The molecule has 148 valence electrons. The van der Waals surface area contributed by atoms with Crippen molar-refractivity contribution in [2.75, 3.05) is 24.6 Å². The van der Waals surface area contributed by atoms with Crippen molar-refractivity contribution in [3.8, 4) is 5.75 Å². The summed E-state index contributed by atoms with van der Waals surface area (Å²) >= 11 is 0. The molecule has 2 aromatic rings. The van der Waals surface area contributed by atoms with Crippen molar-refractivity contribution in [1.82, 2.24) is 5.32 Å². The monoisotopic (exact) mass is 382 g/mol. The molecule has 2 N–H and O–H groups in total. The zero-order valence-corrected chi connectivity index (χ0v) is 16.3. The molecule has 2 aromatic carbocycles. The number of nitrogens with zero attached hydrogens (tertiary/aromatic N) is 1. The molecule has 1 aliphatic heterocycles. The van der Waals surface area contributed by atoms with E-state index in [-0.39, 0.29) is 25.0 Å². The van der Waals surface area contributed by atoms with Gasteiger partial charge in [-0.3, -0.25) is 9.59 Å². The number of nitrogens with one attached hydrogen (secondary N) is 1. The average molecular weight is 382 g/mol. The summed E-state index contributed by atoms with van der Waals surface area (Å²) in [4.78, 5) is 26.1. The van der Waals surface area contributed by atoms with Gasteiger partial charge in [0.2, 0.25) is 5.91 Å². The maximum absolute atomic E-state index is 12.4. The number of carbonyl (C=O) groups is 2. The number of amides is 2. The summed E-state index contributed by atoms with van der Waals surface area (Å²) in [6.07, 6.45) is 0.399. The molecule has 1 aliphatic rings. The Morgan fingerprint density at radius 2 is 2.07 bits per heavy atom. The smallest absolute Gasteiger partial charge is 0.251 e. The molecule has 6 heteroatoms. The van der Waals surface area contributed by atoms with Crippen LogP contribution in [0.15, 0.2) is 42.5 Å². The lowest BCUT2D eigenvalue weighted by molar-refractivity contribution is -0.118. The molecule has 2 amide bonds. The van der Waals surface area contributed by atoms with E-state index in [0.29, 0.717) is 24.3 Å². The first-order valence-corrected chi connectivity index (χ1v) is 9.57. The molecule has 3 rings (SSSR count). The second-order valence-corrected chi connectivity index (χ2v) is 6.98. The Balaban J connectivity index is 1.52. The van der Waals surface area contributed by atoms with Crippen LogP contribution in [0.2, 0.25) is 0 Å². The Labute approximate surface area is 165 Å². The van der Waals surface area contributed by atoms with Crippen LogP contribution in [0.5, 0.6) is 5.75 Å². The molecule has 0 fully saturated rings. The number of benzene rings is 2. The van der Waals surface area contributed by atoms with Gasteiger partial charge in [-0.05, 0) is 54.8 Å². The molecule has 6 nitrogen and oxygen atoms in total. The number of rotatable bonds is 7. The lowest BCUT2D eigenvalue weighted by Crippen LogP contribution is -2.35. The summed E-state index contributed by atoms with van der Waals surface area (Å²) in [5.41, 5.74) is 3.49. The van der Waals surface area contributed by atoms with Gasteiger partial charge in [-0.15, -0.1) is 0 Å². The molecule has 0 bridgehead atoms. The van der Waals surface area contributed by atoms with Crippen LogP contribution in [0.25, 0.3) is 0 Å². The number of aliphatic hydroxyl groups is 1. The quantitative estimate of drug-likeness (QED) is 0.771. The van der Waals surface area contributed by atoms with E-state index in [4.69, 9.17) is 4.74 Å². The van der Waals surface area contributed by atoms with Crippen LogP contribution in [0.4, 0.5) is 5.69 Å². The highest BCUT2D eigenvalue weighted by atomic mass is 16.5. The highest BCUT2D eigenvalue weighted by Crippen LogP contribution is 2.29. The van der Waals surface area contributed by atoms with E-state index in [9.17, 15) is 14.7 Å². The number of fused-ring (bicyclic) bond motifs is 1. The van der Waals surface area contributed by atoms with Crippen LogP contribution in [0.3, 0.4) is 0 Å². The first-order valence-electron chi connectivity index (χ1n) is 9.57. The maximum Gasteiger partial charge on any atom is 0.251 e. The normalized spacial score (nSPS) is 13.8. The van der Waals surface area contributed by atoms with Crippen molar-refractivity contribution >= 4 is 17.5 Å². The molecule has 0 radical (unpaired) electrons. The summed E-state index contributed by atoms with van der Waals surface area (Å²) in [5.74, 6) is 0.528. The molecule has 0 saturated carbocycles. The molecule has 0 spiro atoms. The summed E-state index contributed by atoms with van der Waals surface area (Å²) in [6.45, 7) is 4.67. The summed E-state index contributed by atoms with van der Waals surface area (Å²) < 4.78 is 5.55. The first-order chi connectivity index (χ1) is 13.5. The molecule has 28 heavy (non-hydrogen) atoms. The Hall–Kier alpha value is -2.86. The number of hydrogen-bond donors (Lipinski definition) is 2. The lowest BCUT2D eigenvalue weighted by Gasteiger charge is -2.17. The fourth-order valence-corrected chi connectivity index (χ4v) is 3.26. The van der Waals surface area contributed by atoms with Gasteiger partial charge in [-0.2, -0.15) is 0 Å². The van der Waals surface area contributed by atoms with Crippen molar-refractivity contribution in [1.29, 1.82) is 0 Å². The summed E-state index contributed by atoms with van der Waals surface area (Å²) in [7, 11) is 0. The van der Waals surface area contributed by atoms with Crippen molar-refractivity contribution in [3.63, 3.8) is 0 Å². The number of anilines is 1. The molecular formula is C22H26N2O4. The van der Waals surface area contributed by atoms with E-state index in [0.717, 1.165) is 23.2 Å². The van der Waals surface area contributed by atoms with Crippen LogP contribution >= 0.6 is 0 Å². The van der Waals surface area contributed by atoms with E-state index in [2.05, 4.69) is 5.32 Å². The van der Waals surface area contributed by atoms with Gasteiger partial charge in [0.25, 0.3) is 5.91 Å². The Kier molecular flexibility index (Phi) is 6.31. The topological polar surface area (TPSA) is 78.9 Å². The first kappa shape index (κ1) is 19.9. The van der Waals surface area contributed by atoms with Crippen molar-refractivity contribution in [3.05, 3.63) is 59.2 Å². The Bertz CT molecular complexity index is 865. The minimum absolute atomic E-state index is 0.0904. The SMILES string of the molecule is CCC(=O)N1CCc2cc(C(=O)NCC(O)COc3cccc(C)c3)ccc21. The molecule has 0 aromatic heterocycles. The van der Waals surface area contributed by atoms with Gasteiger partial charge in [0, 0.05) is 30.8 Å². The van der Waals surface area contributed by atoms with Gasteiger partial charge >= 0.3 is 0 Å². The Morgan fingerprint density at radius 3 is 2.82 bits per heavy atom. The van der Waals surface area contributed by atoms with Crippen LogP contribution in [0, 0.1) is 6.92 Å². The molecule has 1 atom stereocenters. The highest BCUT2D eigenvalue weighted by Gasteiger charge is 2.24. The molecular weight excluding hydrogens is 356 g/mol. The Morgan fingerprint density at radius 1 is 1.25 bits per heavy atom. The zero-order valence-electron chi connectivity index (χ0n) is 16.3. The average Bonchev–Trinajstić information content (AvgIpc) is 3.13. The third kappa shape index (κ3) is 4.70. The van der Waals surface area contributed by atoms with Gasteiger partial charge in [-0.25, -0.2) is 0 Å². The lowest BCUT2D eigenvalue weighted by atomic mass is 10.1. The minimum atomic E-state index is -0.809. The van der Waals surface area contributed by atoms with E-state index < -0.39 is 6.10 Å². The second kappa shape index (κ2) is 8.89. The number of hydrogen-bond acceptors (Lipinski definition) is 4. The van der Waals surface area contributed by atoms with Gasteiger partial charge in [0.1, 0.15) is 18.5 Å². The zero-order chi connectivity index (χ0) is 20.1. The number of aliphatic hydroxyl groups excluding tert-OH is 1. The molecule has 0 aliphatic carbocycles. The fraction of sp³-hybridized carbons (Fsp3) is 0.364.